The second kappa shape index (κ2) is 3.41. The SMILES string of the molecule is Br.Nc1ccc(F)c(O)c1. The molecule has 2 nitrogen and oxygen atoms in total. The van der Waals surface area contributed by atoms with Gasteiger partial charge in [0.15, 0.2) is 11.6 Å². The van der Waals surface area contributed by atoms with Gasteiger partial charge in [0.2, 0.25) is 0 Å². The van der Waals surface area contributed by atoms with Gasteiger partial charge in [-0.15, -0.1) is 17.0 Å². The van der Waals surface area contributed by atoms with Crippen LogP contribution in [0, 0.1) is 5.82 Å². The van der Waals surface area contributed by atoms with Crippen molar-refractivity contribution in [3.05, 3.63) is 24.0 Å². The van der Waals surface area contributed by atoms with Gasteiger partial charge in [-0.05, 0) is 12.1 Å². The molecule has 1 aromatic rings. The Balaban J connectivity index is 0.000000810. The molecule has 56 valence electrons. The third-order valence-corrected chi connectivity index (χ3v) is 0.970. The van der Waals surface area contributed by atoms with Gasteiger partial charge in [0.25, 0.3) is 0 Å². The second-order valence-corrected chi connectivity index (χ2v) is 1.71. The Kier molecular flexibility index (Phi) is 3.15. The smallest absolute Gasteiger partial charge is 0.164 e. The van der Waals surface area contributed by atoms with Gasteiger partial charge in [0.1, 0.15) is 0 Å². The number of aromatic hydroxyl groups is 1. The van der Waals surface area contributed by atoms with E-state index in [0.29, 0.717) is 5.69 Å². The quantitative estimate of drug-likeness (QED) is 0.637. The fourth-order valence-electron chi connectivity index (χ4n) is 0.530. The molecular formula is C6H7BrFNO. The minimum Gasteiger partial charge on any atom is -0.505 e. The molecule has 0 aliphatic carbocycles. The van der Waals surface area contributed by atoms with Crippen LogP contribution in [0.1, 0.15) is 0 Å². The van der Waals surface area contributed by atoms with Crippen molar-refractivity contribution in [3.63, 3.8) is 0 Å². The third kappa shape index (κ3) is 1.88. The molecule has 0 fully saturated rings. The third-order valence-electron chi connectivity index (χ3n) is 0.970. The lowest BCUT2D eigenvalue weighted by atomic mass is 10.3. The van der Waals surface area contributed by atoms with Crippen molar-refractivity contribution in [1.82, 2.24) is 0 Å². The van der Waals surface area contributed by atoms with E-state index in [1.54, 1.807) is 0 Å². The van der Waals surface area contributed by atoms with Crippen LogP contribution in [0.5, 0.6) is 5.75 Å². The number of halogens is 2. The number of benzene rings is 1. The van der Waals surface area contributed by atoms with Gasteiger partial charge in [-0.3, -0.25) is 0 Å². The molecule has 4 heteroatoms. The second-order valence-electron chi connectivity index (χ2n) is 1.71. The van der Waals surface area contributed by atoms with Crippen molar-refractivity contribution in [2.45, 2.75) is 0 Å². The molecule has 0 bridgehead atoms. The number of rotatable bonds is 0. The summed E-state index contributed by atoms with van der Waals surface area (Å²) in [7, 11) is 0. The molecule has 0 heterocycles. The largest absolute Gasteiger partial charge is 0.505 e. The van der Waals surface area contributed by atoms with Crippen molar-refractivity contribution in [2.24, 2.45) is 0 Å². The Labute approximate surface area is 68.2 Å². The summed E-state index contributed by atoms with van der Waals surface area (Å²) >= 11 is 0. The summed E-state index contributed by atoms with van der Waals surface area (Å²) in [6.45, 7) is 0. The lowest BCUT2D eigenvalue weighted by molar-refractivity contribution is 0.433. The fraction of sp³-hybridized carbons (Fsp3) is 0. The number of phenolic OH excluding ortho intramolecular Hbond substituents is 1. The molecule has 10 heavy (non-hydrogen) atoms. The number of anilines is 1. The minimum atomic E-state index is -0.649. The normalized spacial score (nSPS) is 8.50. The zero-order valence-corrected chi connectivity index (χ0v) is 6.76. The highest BCUT2D eigenvalue weighted by Gasteiger charge is 1.96. The van der Waals surface area contributed by atoms with Gasteiger partial charge in [-0.2, -0.15) is 0 Å². The van der Waals surface area contributed by atoms with E-state index in [2.05, 4.69) is 0 Å². The first-order valence-electron chi connectivity index (χ1n) is 2.44. The highest BCUT2D eigenvalue weighted by atomic mass is 79.9. The van der Waals surface area contributed by atoms with Crippen LogP contribution >= 0.6 is 17.0 Å². The van der Waals surface area contributed by atoms with Crippen LogP contribution in [0.3, 0.4) is 0 Å². The highest BCUT2D eigenvalue weighted by Crippen LogP contribution is 2.17. The molecule has 0 saturated heterocycles. The lowest BCUT2D eigenvalue weighted by Crippen LogP contribution is -1.84. The van der Waals surface area contributed by atoms with Crippen molar-refractivity contribution < 1.29 is 9.50 Å². The van der Waals surface area contributed by atoms with Crippen molar-refractivity contribution in [3.8, 4) is 5.75 Å². The van der Waals surface area contributed by atoms with E-state index in [-0.39, 0.29) is 17.0 Å². The molecule has 0 aliphatic heterocycles. The fourth-order valence-corrected chi connectivity index (χ4v) is 0.530. The summed E-state index contributed by atoms with van der Waals surface area (Å²) in [5.41, 5.74) is 5.56. The zero-order valence-electron chi connectivity index (χ0n) is 5.04. The summed E-state index contributed by atoms with van der Waals surface area (Å²) in [6, 6.07) is 3.66. The van der Waals surface area contributed by atoms with Crippen LogP contribution in [-0.4, -0.2) is 5.11 Å². The maximum atomic E-state index is 12.2. The van der Waals surface area contributed by atoms with Crippen molar-refractivity contribution >= 4 is 22.7 Å². The van der Waals surface area contributed by atoms with E-state index in [4.69, 9.17) is 10.8 Å². The van der Waals surface area contributed by atoms with E-state index >= 15 is 0 Å². The highest BCUT2D eigenvalue weighted by molar-refractivity contribution is 8.93. The Morgan fingerprint density at radius 2 is 2.00 bits per heavy atom. The van der Waals surface area contributed by atoms with E-state index in [9.17, 15) is 4.39 Å². The van der Waals surface area contributed by atoms with Gasteiger partial charge in [-0.1, -0.05) is 0 Å². The summed E-state index contributed by atoms with van der Waals surface area (Å²) in [4.78, 5) is 0. The number of hydrogen-bond acceptors (Lipinski definition) is 2. The average molecular weight is 208 g/mol. The molecule has 0 saturated carbocycles. The van der Waals surface area contributed by atoms with Crippen LogP contribution in [0.4, 0.5) is 10.1 Å². The van der Waals surface area contributed by atoms with E-state index in [1.165, 1.54) is 6.07 Å². The number of phenols is 1. The average Bonchev–Trinajstić information content (AvgIpc) is 1.80. The summed E-state index contributed by atoms with van der Waals surface area (Å²) < 4.78 is 12.2. The molecule has 0 aliphatic rings. The van der Waals surface area contributed by atoms with Gasteiger partial charge >= 0.3 is 0 Å². The molecule has 3 N–H and O–H groups in total. The van der Waals surface area contributed by atoms with Crippen LogP contribution < -0.4 is 5.73 Å². The van der Waals surface area contributed by atoms with Gasteiger partial charge < -0.3 is 10.8 Å². The monoisotopic (exact) mass is 207 g/mol. The van der Waals surface area contributed by atoms with Crippen LogP contribution in [0.15, 0.2) is 18.2 Å². The maximum Gasteiger partial charge on any atom is 0.164 e. The molecule has 0 spiro atoms. The molecule has 0 aromatic heterocycles. The molecule has 0 unspecified atom stereocenters. The van der Waals surface area contributed by atoms with E-state index < -0.39 is 11.6 Å². The topological polar surface area (TPSA) is 46.2 Å². The van der Waals surface area contributed by atoms with E-state index in [0.717, 1.165) is 12.1 Å². The number of nitrogen functional groups attached to an aromatic ring is 1. The standard InChI is InChI=1S/C6H6FNO.BrH/c7-5-2-1-4(8)3-6(5)9;/h1-3,9H,8H2;1H. The Morgan fingerprint density at radius 1 is 1.40 bits per heavy atom. The van der Waals surface area contributed by atoms with Crippen LogP contribution in [0.25, 0.3) is 0 Å². The number of nitrogens with two attached hydrogens (primary N) is 1. The molecular weight excluding hydrogens is 201 g/mol. The van der Waals surface area contributed by atoms with E-state index in [1.807, 2.05) is 0 Å². The van der Waals surface area contributed by atoms with Crippen molar-refractivity contribution in [2.75, 3.05) is 5.73 Å². The molecule has 0 amide bonds. The Bertz CT molecular complexity index is 229. The number of hydrogen-bond donors (Lipinski definition) is 2. The summed E-state index contributed by atoms with van der Waals surface area (Å²) in [5.74, 6) is -1.06. The van der Waals surface area contributed by atoms with Gasteiger partial charge in [0, 0.05) is 11.8 Å². The molecule has 0 radical (unpaired) electrons. The predicted molar refractivity (Wildman–Crippen MR) is 42.8 cm³/mol. The maximum absolute atomic E-state index is 12.2. The predicted octanol–water partition coefficient (Wildman–Crippen LogP) is 1.69. The van der Waals surface area contributed by atoms with Crippen LogP contribution in [-0.2, 0) is 0 Å². The van der Waals surface area contributed by atoms with Gasteiger partial charge in [-0.25, -0.2) is 4.39 Å². The van der Waals surface area contributed by atoms with Crippen molar-refractivity contribution in [1.29, 1.82) is 0 Å². The Hall–Kier alpha value is -0.770. The minimum absolute atomic E-state index is 0. The molecule has 1 aromatic carbocycles. The Morgan fingerprint density at radius 3 is 2.40 bits per heavy atom. The lowest BCUT2D eigenvalue weighted by Gasteiger charge is -1.94. The first kappa shape index (κ1) is 9.23. The molecule has 0 atom stereocenters. The first-order chi connectivity index (χ1) is 4.20. The zero-order chi connectivity index (χ0) is 6.85. The van der Waals surface area contributed by atoms with Gasteiger partial charge in [0.05, 0.1) is 0 Å². The summed E-state index contributed by atoms with van der Waals surface area (Å²) in [5, 5.41) is 8.65. The molecule has 1 rings (SSSR count). The summed E-state index contributed by atoms with van der Waals surface area (Å²) in [6.07, 6.45) is 0. The van der Waals surface area contributed by atoms with Crippen LogP contribution in [0.2, 0.25) is 0 Å². The first-order valence-corrected chi connectivity index (χ1v) is 2.44.